The fourth-order valence-corrected chi connectivity index (χ4v) is 3.13. The van der Waals surface area contributed by atoms with Crippen LogP contribution in [-0.2, 0) is 14.3 Å². The van der Waals surface area contributed by atoms with Crippen LogP contribution in [0, 0.1) is 0 Å². The number of amides is 2. The van der Waals surface area contributed by atoms with E-state index in [4.69, 9.17) is 9.47 Å². The number of hydrogen-bond donors (Lipinski definition) is 1. The molecule has 29 heavy (non-hydrogen) atoms. The molecule has 1 saturated heterocycles. The fourth-order valence-electron chi connectivity index (χ4n) is 3.13. The average molecular weight is 405 g/mol. The van der Waals surface area contributed by atoms with Crippen molar-refractivity contribution in [1.82, 2.24) is 10.2 Å². The van der Waals surface area contributed by atoms with Crippen LogP contribution in [0.25, 0.3) is 0 Å². The molecule has 3 atom stereocenters. The van der Waals surface area contributed by atoms with E-state index in [1.807, 2.05) is 27.7 Å². The van der Waals surface area contributed by atoms with Gasteiger partial charge in [0, 0.05) is 5.54 Å². The van der Waals surface area contributed by atoms with Gasteiger partial charge >= 0.3 is 12.1 Å². The fraction of sp³-hybridized carbons (Fsp3) is 0.591. The second-order valence-corrected chi connectivity index (χ2v) is 9.28. The molecule has 1 heterocycles. The zero-order valence-corrected chi connectivity index (χ0v) is 18.3. The van der Waals surface area contributed by atoms with Gasteiger partial charge in [-0.15, -0.1) is 0 Å². The molecule has 0 radical (unpaired) electrons. The van der Waals surface area contributed by atoms with Crippen LogP contribution >= 0.6 is 0 Å². The van der Waals surface area contributed by atoms with E-state index in [0.29, 0.717) is 12.0 Å². The van der Waals surface area contributed by atoms with Crippen molar-refractivity contribution >= 4 is 18.0 Å². The summed E-state index contributed by atoms with van der Waals surface area (Å²) in [4.78, 5) is 39.7. The van der Waals surface area contributed by atoms with Gasteiger partial charge < -0.3 is 14.8 Å². The molecule has 1 aromatic rings. The van der Waals surface area contributed by atoms with E-state index in [1.54, 1.807) is 51.1 Å². The lowest BCUT2D eigenvalue weighted by Crippen LogP contribution is -2.50. The number of carbonyl (C=O) groups excluding carboxylic acids is 3. The van der Waals surface area contributed by atoms with E-state index in [0.717, 1.165) is 0 Å². The summed E-state index contributed by atoms with van der Waals surface area (Å²) in [5, 5.41) is 2.85. The molecule has 1 fully saturated rings. The van der Waals surface area contributed by atoms with Crippen LogP contribution in [0.4, 0.5) is 4.79 Å². The quantitative estimate of drug-likeness (QED) is 0.599. The van der Waals surface area contributed by atoms with Crippen LogP contribution in [-0.4, -0.2) is 52.2 Å². The number of hydrogen-bond acceptors (Lipinski definition) is 5. The second kappa shape index (κ2) is 8.43. The summed E-state index contributed by atoms with van der Waals surface area (Å²) in [7, 11) is 0. The van der Waals surface area contributed by atoms with E-state index in [9.17, 15) is 14.4 Å². The highest BCUT2D eigenvalue weighted by Gasteiger charge is 2.59. The summed E-state index contributed by atoms with van der Waals surface area (Å²) in [6.45, 7) is 12.8. The number of nitrogens with one attached hydrogen (secondary N) is 1. The highest BCUT2D eigenvalue weighted by Crippen LogP contribution is 2.37. The molecule has 160 valence electrons. The molecule has 1 aromatic carbocycles. The van der Waals surface area contributed by atoms with Crippen molar-refractivity contribution < 1.29 is 23.9 Å². The molecule has 7 nitrogen and oxygen atoms in total. The van der Waals surface area contributed by atoms with E-state index in [-0.39, 0.29) is 6.04 Å². The molecule has 1 N–H and O–H groups in total. The van der Waals surface area contributed by atoms with Crippen LogP contribution in [0.1, 0.15) is 65.2 Å². The Labute approximate surface area is 172 Å². The highest BCUT2D eigenvalue weighted by atomic mass is 16.6. The Morgan fingerprint density at radius 3 is 2.14 bits per heavy atom. The first-order chi connectivity index (χ1) is 13.3. The number of carbonyl (C=O) groups is 3. The van der Waals surface area contributed by atoms with Gasteiger partial charge in [-0.2, -0.15) is 0 Å². The third kappa shape index (κ3) is 6.21. The number of ether oxygens (including phenoxy) is 2. The monoisotopic (exact) mass is 404 g/mol. The van der Waals surface area contributed by atoms with E-state index >= 15 is 0 Å². The van der Waals surface area contributed by atoms with Crippen molar-refractivity contribution in [2.45, 2.75) is 84.2 Å². The van der Waals surface area contributed by atoms with Crippen molar-refractivity contribution in [1.29, 1.82) is 0 Å². The molecule has 0 bridgehead atoms. The minimum absolute atomic E-state index is 0.232. The summed E-state index contributed by atoms with van der Waals surface area (Å²) in [5.74, 6) is -1.04. The van der Waals surface area contributed by atoms with Crippen LogP contribution in [0.2, 0.25) is 0 Å². The Morgan fingerprint density at radius 1 is 1.07 bits per heavy atom. The summed E-state index contributed by atoms with van der Waals surface area (Å²) < 4.78 is 11.1. The lowest BCUT2D eigenvalue weighted by Gasteiger charge is -2.25. The van der Waals surface area contributed by atoms with Crippen LogP contribution in [0.3, 0.4) is 0 Å². The number of nitrogens with zero attached hydrogens (tertiary/aromatic N) is 1. The number of rotatable bonds is 5. The molecule has 0 saturated carbocycles. The Bertz CT molecular complexity index is 749. The maximum atomic E-state index is 13.0. The van der Waals surface area contributed by atoms with Crippen LogP contribution in [0.5, 0.6) is 0 Å². The molecule has 0 spiro atoms. The molecule has 7 heteroatoms. The lowest BCUT2D eigenvalue weighted by molar-refractivity contribution is -0.131. The standard InChI is InChI=1S/C22H32N2O5/c1-8-15-16(24(15)20(27)29-22(5,6)7)17(18(25)23-21(2,3)4)28-19(26)14-12-10-9-11-13-14/h9-13,15-17H,8H2,1-7H3,(H,23,25)/t15-,16+,17?,24?/m1/s1. The molecule has 0 aromatic heterocycles. The van der Waals surface area contributed by atoms with Gasteiger partial charge in [0.05, 0.1) is 11.6 Å². The van der Waals surface area contributed by atoms with Gasteiger partial charge in [0.1, 0.15) is 11.6 Å². The predicted octanol–water partition coefficient (Wildman–Crippen LogP) is 3.52. The molecule has 1 unspecified atom stereocenters. The largest absolute Gasteiger partial charge is 0.446 e. The van der Waals surface area contributed by atoms with Crippen LogP contribution < -0.4 is 5.32 Å². The summed E-state index contributed by atoms with van der Waals surface area (Å²) in [6.07, 6.45) is -1.02. The van der Waals surface area contributed by atoms with Crippen molar-refractivity contribution in [3.8, 4) is 0 Å². The highest BCUT2D eigenvalue weighted by molar-refractivity contribution is 5.93. The minimum atomic E-state index is -1.13. The normalized spacial score (nSPS) is 19.9. The Kier molecular flexibility index (Phi) is 6.60. The number of benzene rings is 1. The SMILES string of the molecule is CC[C@@H]1[C@@H](C(OC(=O)c2ccccc2)C(=O)NC(C)(C)C)N1C(=O)OC(C)(C)C. The molecule has 2 rings (SSSR count). The van der Waals surface area contributed by atoms with Gasteiger partial charge in [-0.1, -0.05) is 25.1 Å². The Morgan fingerprint density at radius 2 is 1.66 bits per heavy atom. The van der Waals surface area contributed by atoms with Crippen molar-refractivity contribution in [3.63, 3.8) is 0 Å². The summed E-state index contributed by atoms with van der Waals surface area (Å²) >= 11 is 0. The third-order valence-corrected chi connectivity index (χ3v) is 4.32. The van der Waals surface area contributed by atoms with Gasteiger partial charge in [-0.25, -0.2) is 9.59 Å². The Balaban J connectivity index is 2.25. The zero-order chi connectivity index (χ0) is 22.0. The van der Waals surface area contributed by atoms with E-state index in [1.165, 1.54) is 4.90 Å². The van der Waals surface area contributed by atoms with Crippen molar-refractivity contribution in [2.75, 3.05) is 0 Å². The first-order valence-corrected chi connectivity index (χ1v) is 9.93. The molecular formula is C22H32N2O5. The van der Waals surface area contributed by atoms with Gasteiger partial charge in [0.2, 0.25) is 6.10 Å². The molecule has 0 aliphatic carbocycles. The maximum absolute atomic E-state index is 13.0. The average Bonchev–Trinajstić information content (AvgIpc) is 3.31. The topological polar surface area (TPSA) is 84.7 Å². The van der Waals surface area contributed by atoms with Gasteiger partial charge in [-0.3, -0.25) is 9.69 Å². The molecular weight excluding hydrogens is 372 g/mol. The summed E-state index contributed by atoms with van der Waals surface area (Å²) in [6, 6.07) is 7.68. The van der Waals surface area contributed by atoms with Crippen molar-refractivity contribution in [2.24, 2.45) is 0 Å². The first kappa shape index (κ1) is 22.7. The zero-order valence-electron chi connectivity index (χ0n) is 18.3. The third-order valence-electron chi connectivity index (χ3n) is 4.32. The van der Waals surface area contributed by atoms with Gasteiger partial charge in [0.25, 0.3) is 5.91 Å². The lowest BCUT2D eigenvalue weighted by atomic mass is 10.1. The van der Waals surface area contributed by atoms with Gasteiger partial charge in [-0.05, 0) is 60.1 Å². The first-order valence-electron chi connectivity index (χ1n) is 9.93. The Hall–Kier alpha value is -2.57. The van der Waals surface area contributed by atoms with Crippen LogP contribution in [0.15, 0.2) is 30.3 Å². The molecule has 1 aliphatic rings. The van der Waals surface area contributed by atoms with E-state index < -0.39 is 41.3 Å². The number of esters is 1. The van der Waals surface area contributed by atoms with Crippen molar-refractivity contribution in [3.05, 3.63) is 35.9 Å². The summed E-state index contributed by atoms with van der Waals surface area (Å²) in [5.41, 5.74) is -0.826. The van der Waals surface area contributed by atoms with E-state index in [2.05, 4.69) is 5.32 Å². The second-order valence-electron chi connectivity index (χ2n) is 9.28. The van der Waals surface area contributed by atoms with Gasteiger partial charge in [0.15, 0.2) is 0 Å². The predicted molar refractivity (Wildman–Crippen MR) is 109 cm³/mol. The molecule has 1 aliphatic heterocycles. The smallest absolute Gasteiger partial charge is 0.411 e. The maximum Gasteiger partial charge on any atom is 0.411 e. The molecule has 2 amide bonds. The minimum Gasteiger partial charge on any atom is -0.446 e.